The van der Waals surface area contributed by atoms with E-state index in [-0.39, 0.29) is 23.6 Å². The van der Waals surface area contributed by atoms with Crippen molar-refractivity contribution in [3.8, 4) is 0 Å². The Morgan fingerprint density at radius 1 is 1.30 bits per heavy atom. The van der Waals surface area contributed by atoms with Crippen molar-refractivity contribution in [2.45, 2.75) is 57.7 Å². The lowest BCUT2D eigenvalue weighted by Crippen LogP contribution is -2.45. The molecule has 0 unspecified atom stereocenters. The maximum Gasteiger partial charge on any atom is 0.334 e. The molecule has 4 rings (SSSR count). The van der Waals surface area contributed by atoms with Crippen LogP contribution in [0.1, 0.15) is 46.0 Å². The molecule has 0 aromatic heterocycles. The summed E-state index contributed by atoms with van der Waals surface area (Å²) in [5, 5.41) is 0. The summed E-state index contributed by atoms with van der Waals surface area (Å²) in [7, 11) is 1.81. The molecule has 3 heteroatoms. The molecule has 1 spiro atoms. The number of esters is 1. The summed E-state index contributed by atoms with van der Waals surface area (Å²) in [6.45, 7) is 8.63. The second-order valence-electron chi connectivity index (χ2n) is 7.93. The molecule has 1 aliphatic heterocycles. The maximum atomic E-state index is 12.0. The Balaban J connectivity index is 1.82. The normalized spacial score (nSPS) is 56.6. The monoisotopic (exact) mass is 276 g/mol. The zero-order valence-electron chi connectivity index (χ0n) is 12.7. The van der Waals surface area contributed by atoms with E-state index in [2.05, 4.69) is 20.4 Å². The molecule has 0 bridgehead atoms. The minimum Gasteiger partial charge on any atom is -0.458 e. The third kappa shape index (κ3) is 1.24. The van der Waals surface area contributed by atoms with Gasteiger partial charge < -0.3 is 9.47 Å². The summed E-state index contributed by atoms with van der Waals surface area (Å²) in [4.78, 5) is 12.0. The second-order valence-corrected chi connectivity index (χ2v) is 7.93. The van der Waals surface area contributed by atoms with Gasteiger partial charge in [-0.2, -0.15) is 0 Å². The van der Waals surface area contributed by atoms with Gasteiger partial charge in [-0.1, -0.05) is 13.5 Å². The highest BCUT2D eigenvalue weighted by molar-refractivity contribution is 5.91. The van der Waals surface area contributed by atoms with Gasteiger partial charge in [-0.15, -0.1) is 0 Å². The van der Waals surface area contributed by atoms with Gasteiger partial charge >= 0.3 is 5.97 Å². The molecule has 3 saturated carbocycles. The molecule has 20 heavy (non-hydrogen) atoms. The first-order chi connectivity index (χ1) is 9.37. The molecule has 0 amide bonds. The lowest BCUT2D eigenvalue weighted by Gasteiger charge is -2.38. The van der Waals surface area contributed by atoms with E-state index < -0.39 is 0 Å². The molecule has 1 saturated heterocycles. The molecule has 1 heterocycles. The Hall–Kier alpha value is -0.830. The average Bonchev–Trinajstić information content (AvgIpc) is 2.77. The number of methoxy groups -OCH3 is 1. The van der Waals surface area contributed by atoms with Crippen molar-refractivity contribution in [3.05, 3.63) is 12.2 Å². The Bertz CT molecular complexity index is 512. The number of carbonyl (C=O) groups is 1. The van der Waals surface area contributed by atoms with Gasteiger partial charge in [0, 0.05) is 24.5 Å². The predicted molar refractivity (Wildman–Crippen MR) is 75.0 cm³/mol. The molecular formula is C17H24O3. The van der Waals surface area contributed by atoms with Gasteiger partial charge in [0.2, 0.25) is 0 Å². The van der Waals surface area contributed by atoms with Crippen LogP contribution in [-0.4, -0.2) is 24.8 Å². The summed E-state index contributed by atoms with van der Waals surface area (Å²) < 4.78 is 11.7. The fourth-order valence-corrected chi connectivity index (χ4v) is 5.87. The first-order valence-electron chi connectivity index (χ1n) is 7.82. The zero-order chi connectivity index (χ0) is 14.3. The fourth-order valence-electron chi connectivity index (χ4n) is 5.87. The summed E-state index contributed by atoms with van der Waals surface area (Å²) >= 11 is 0. The first-order valence-corrected chi connectivity index (χ1v) is 7.82. The predicted octanol–water partition coefficient (Wildman–Crippen LogP) is 3.09. The molecule has 0 N–H and O–H groups in total. The summed E-state index contributed by atoms with van der Waals surface area (Å²) in [6, 6.07) is 0. The van der Waals surface area contributed by atoms with Gasteiger partial charge in [0.15, 0.2) is 0 Å². The zero-order valence-corrected chi connectivity index (χ0v) is 12.7. The van der Waals surface area contributed by atoms with Gasteiger partial charge in [0.1, 0.15) is 6.10 Å². The van der Waals surface area contributed by atoms with Crippen molar-refractivity contribution in [1.82, 2.24) is 0 Å². The van der Waals surface area contributed by atoms with Crippen molar-refractivity contribution < 1.29 is 14.3 Å². The Kier molecular flexibility index (Phi) is 2.25. The van der Waals surface area contributed by atoms with Gasteiger partial charge in [-0.05, 0) is 49.9 Å². The smallest absolute Gasteiger partial charge is 0.334 e. The Morgan fingerprint density at radius 2 is 2.05 bits per heavy atom. The number of fused-ring (bicyclic) bond motifs is 2. The Morgan fingerprint density at radius 3 is 2.75 bits per heavy atom. The first kappa shape index (κ1) is 12.9. The van der Waals surface area contributed by atoms with Crippen LogP contribution < -0.4 is 0 Å². The number of ether oxygens (including phenoxy) is 2. The van der Waals surface area contributed by atoms with Crippen LogP contribution in [0.5, 0.6) is 0 Å². The van der Waals surface area contributed by atoms with Crippen molar-refractivity contribution in [3.63, 3.8) is 0 Å². The molecule has 6 atom stereocenters. The van der Waals surface area contributed by atoms with Crippen LogP contribution in [0.15, 0.2) is 12.2 Å². The highest BCUT2D eigenvalue weighted by atomic mass is 16.6. The number of carbonyl (C=O) groups excluding carboxylic acids is 1. The Labute approximate surface area is 120 Å². The molecule has 4 aliphatic rings. The van der Waals surface area contributed by atoms with E-state index in [4.69, 9.17) is 9.47 Å². The summed E-state index contributed by atoms with van der Waals surface area (Å²) in [5.74, 6) is 0.368. The van der Waals surface area contributed by atoms with Crippen molar-refractivity contribution in [1.29, 1.82) is 0 Å². The number of hydrogen-bond acceptors (Lipinski definition) is 3. The van der Waals surface area contributed by atoms with Crippen molar-refractivity contribution in [2.24, 2.45) is 22.7 Å². The lowest BCUT2D eigenvalue weighted by molar-refractivity contribution is -0.150. The fraction of sp³-hybridized carbons (Fsp3) is 0.824. The molecule has 0 radical (unpaired) electrons. The maximum absolute atomic E-state index is 12.0. The van der Waals surface area contributed by atoms with E-state index in [1.807, 2.05) is 7.11 Å². The molecule has 3 aliphatic carbocycles. The standard InChI is InChI=1S/C17H24O3/c1-10-11-5-6-15(2)9-17(15)8-7-16(3,19-4)13(17)12(11)20-14(10)18/h11-13H,1,5-9H2,2-4H3/t11-,12-,13-,15-,16+,17-/m0/s1. The van der Waals surface area contributed by atoms with Crippen LogP contribution in [0.3, 0.4) is 0 Å². The van der Waals surface area contributed by atoms with E-state index >= 15 is 0 Å². The van der Waals surface area contributed by atoms with Crippen LogP contribution in [0.25, 0.3) is 0 Å². The average molecular weight is 276 g/mol. The second kappa shape index (κ2) is 3.49. The third-order valence-corrected chi connectivity index (χ3v) is 7.25. The quantitative estimate of drug-likeness (QED) is 0.545. The van der Waals surface area contributed by atoms with Crippen molar-refractivity contribution in [2.75, 3.05) is 7.11 Å². The van der Waals surface area contributed by atoms with Crippen LogP contribution in [0, 0.1) is 22.7 Å². The minimum atomic E-state index is -0.176. The molecule has 3 nitrogen and oxygen atoms in total. The van der Waals surface area contributed by atoms with E-state index in [1.165, 1.54) is 19.3 Å². The molecule has 110 valence electrons. The molecular weight excluding hydrogens is 252 g/mol. The highest BCUT2D eigenvalue weighted by Gasteiger charge is 2.77. The molecule has 4 fully saturated rings. The third-order valence-electron chi connectivity index (χ3n) is 7.25. The largest absolute Gasteiger partial charge is 0.458 e. The molecule has 0 aromatic carbocycles. The minimum absolute atomic E-state index is 0.00762. The van der Waals surface area contributed by atoms with Crippen LogP contribution in [-0.2, 0) is 14.3 Å². The SMILES string of the molecule is C=C1C(=O)O[C@@H]2[C@@H]3[C@]4(CC[C@@]3(C)OC)C[C@]4(C)CC[C@@H]12. The van der Waals surface area contributed by atoms with Gasteiger partial charge in [0.05, 0.1) is 5.60 Å². The van der Waals surface area contributed by atoms with Crippen LogP contribution in [0.2, 0.25) is 0 Å². The van der Waals surface area contributed by atoms with Crippen molar-refractivity contribution >= 4 is 5.97 Å². The van der Waals surface area contributed by atoms with Crippen LogP contribution in [0.4, 0.5) is 0 Å². The number of hydrogen-bond donors (Lipinski definition) is 0. The van der Waals surface area contributed by atoms with E-state index in [0.29, 0.717) is 22.3 Å². The van der Waals surface area contributed by atoms with Gasteiger partial charge in [-0.25, -0.2) is 4.79 Å². The van der Waals surface area contributed by atoms with E-state index in [1.54, 1.807) is 0 Å². The van der Waals surface area contributed by atoms with E-state index in [9.17, 15) is 4.79 Å². The molecule has 0 aromatic rings. The van der Waals surface area contributed by atoms with Crippen LogP contribution >= 0.6 is 0 Å². The highest BCUT2D eigenvalue weighted by Crippen LogP contribution is 2.80. The topological polar surface area (TPSA) is 35.5 Å². The number of rotatable bonds is 1. The van der Waals surface area contributed by atoms with E-state index in [0.717, 1.165) is 12.8 Å². The lowest BCUT2D eigenvalue weighted by atomic mass is 9.74. The van der Waals surface area contributed by atoms with Gasteiger partial charge in [0.25, 0.3) is 0 Å². The van der Waals surface area contributed by atoms with Gasteiger partial charge in [-0.3, -0.25) is 0 Å². The summed E-state index contributed by atoms with van der Waals surface area (Å²) in [5.41, 5.74) is 1.29. The summed E-state index contributed by atoms with van der Waals surface area (Å²) in [6.07, 6.45) is 5.80.